The third-order valence-electron chi connectivity index (χ3n) is 6.76. The summed E-state index contributed by atoms with van der Waals surface area (Å²) in [5.74, 6) is -0.854. The fourth-order valence-corrected chi connectivity index (χ4v) is 4.79. The summed E-state index contributed by atoms with van der Waals surface area (Å²) in [7, 11) is 25.2. The summed E-state index contributed by atoms with van der Waals surface area (Å²) in [5.41, 5.74) is -1.39. The van der Waals surface area contributed by atoms with Gasteiger partial charge in [-0.2, -0.15) is 13.2 Å². The maximum Gasteiger partial charge on any atom is 0.416 e. The molecule has 13 heteroatoms. The predicted octanol–water partition coefficient (Wildman–Crippen LogP) is 3.87. The van der Waals surface area contributed by atoms with E-state index in [1.807, 2.05) is 0 Å². The molecule has 5 nitrogen and oxygen atoms in total. The van der Waals surface area contributed by atoms with E-state index in [2.05, 4.69) is 30.4 Å². The molecule has 1 unspecified atom stereocenters. The Kier molecular flexibility index (Phi) is 6.58. The van der Waals surface area contributed by atoms with Crippen LogP contribution in [0.1, 0.15) is 43.0 Å². The van der Waals surface area contributed by atoms with Crippen molar-refractivity contribution in [3.8, 4) is 0 Å². The van der Waals surface area contributed by atoms with Gasteiger partial charge in [-0.25, -0.2) is 4.39 Å². The highest BCUT2D eigenvalue weighted by atomic mass is 19.4. The van der Waals surface area contributed by atoms with Gasteiger partial charge in [0.25, 0.3) is 0 Å². The number of benzene rings is 2. The molecule has 2 aliphatic rings. The number of aliphatic hydroxyl groups is 1. The zero-order valence-electron chi connectivity index (χ0n) is 21.8. The molecule has 2 aromatic rings. The van der Waals surface area contributed by atoms with Crippen LogP contribution < -0.4 is 20.4 Å². The van der Waals surface area contributed by atoms with Crippen molar-refractivity contribution in [2.24, 2.45) is 0 Å². The second-order valence-electron chi connectivity index (χ2n) is 10.5. The number of fused-ring (bicyclic) bond motifs is 3. The lowest BCUT2D eigenvalue weighted by Gasteiger charge is -2.49. The van der Waals surface area contributed by atoms with Gasteiger partial charge in [0.2, 0.25) is 0 Å². The molecule has 39 heavy (non-hydrogen) atoms. The number of rotatable bonds is 6. The molecule has 0 saturated heterocycles. The lowest BCUT2D eigenvalue weighted by Crippen LogP contribution is -2.65. The zero-order chi connectivity index (χ0) is 29.5. The Morgan fingerprint density at radius 2 is 1.64 bits per heavy atom. The minimum absolute atomic E-state index is 0.00312. The van der Waals surface area contributed by atoms with Gasteiger partial charge in [-0.1, -0.05) is 33.6 Å². The summed E-state index contributed by atoms with van der Waals surface area (Å²) in [6.45, 7) is 17.0. The molecule has 0 bridgehead atoms. The molecular weight excluding hydrogens is 504 g/mol. The van der Waals surface area contributed by atoms with E-state index >= 15 is 0 Å². The fraction of sp³-hybridized carbons (Fsp3) is 0.308. The quantitative estimate of drug-likeness (QED) is 0.393. The van der Waals surface area contributed by atoms with Gasteiger partial charge in [-0.3, -0.25) is 0 Å². The first-order valence-corrected chi connectivity index (χ1v) is 11.8. The van der Waals surface area contributed by atoms with Crippen LogP contribution in [0.2, 0.25) is 0 Å². The van der Waals surface area contributed by atoms with Crippen molar-refractivity contribution in [3.63, 3.8) is 0 Å². The van der Waals surface area contributed by atoms with Crippen LogP contribution in [-0.2, 0) is 12.7 Å². The van der Waals surface area contributed by atoms with E-state index in [0.29, 0.717) is 46.5 Å². The maximum atomic E-state index is 14.1. The van der Waals surface area contributed by atoms with E-state index in [4.69, 9.17) is 31.4 Å². The van der Waals surface area contributed by atoms with E-state index in [0.717, 1.165) is 12.1 Å². The third-order valence-corrected chi connectivity index (χ3v) is 6.76. The summed E-state index contributed by atoms with van der Waals surface area (Å²) in [6, 6.07) is 3.76. The zero-order valence-corrected chi connectivity index (χ0v) is 21.8. The molecule has 8 radical (unpaired) electrons. The predicted molar refractivity (Wildman–Crippen MR) is 151 cm³/mol. The first-order chi connectivity index (χ1) is 17.7. The van der Waals surface area contributed by atoms with Crippen LogP contribution in [0, 0.1) is 5.82 Å². The Balaban J connectivity index is 1.92. The topological polar surface area (TPSA) is 50.8 Å². The normalized spacial score (nSPS) is 17.0. The first kappa shape index (κ1) is 28.8. The van der Waals surface area contributed by atoms with Gasteiger partial charge in [0, 0.05) is 51.3 Å². The Morgan fingerprint density at radius 1 is 1.03 bits per heavy atom. The van der Waals surface area contributed by atoms with E-state index in [-0.39, 0.29) is 17.1 Å². The number of halogens is 4. The Morgan fingerprint density at radius 3 is 2.18 bits per heavy atom. The summed E-state index contributed by atoms with van der Waals surface area (Å²) in [5, 5.41) is 14.7. The second kappa shape index (κ2) is 8.91. The lowest BCUT2D eigenvalue weighted by molar-refractivity contribution is -0.137. The molecule has 0 fully saturated rings. The smallest absolute Gasteiger partial charge is 0.399 e. The molecule has 1 atom stereocenters. The first-order valence-electron chi connectivity index (χ1n) is 11.8. The molecule has 0 aliphatic carbocycles. The fourth-order valence-electron chi connectivity index (χ4n) is 4.79. The molecule has 2 aliphatic heterocycles. The molecule has 0 spiro atoms. The highest BCUT2D eigenvalue weighted by Crippen LogP contribution is 2.54. The minimum atomic E-state index is -4.75. The van der Waals surface area contributed by atoms with Crippen molar-refractivity contribution in [2.75, 3.05) is 15.1 Å². The van der Waals surface area contributed by atoms with Crippen molar-refractivity contribution in [1.82, 2.24) is 5.32 Å². The summed E-state index contributed by atoms with van der Waals surface area (Å²) >= 11 is 0. The SMILES string of the molecule is [B]C(C)(C)N1C(=C)N(C([B])([B])C([B])(C)O)c2cc(NC(=C)c3cc(F)cc(C(F)(F)F)c3)c3c(c21)C(=C)NC3. The van der Waals surface area contributed by atoms with E-state index in [1.165, 1.54) is 11.8 Å². The van der Waals surface area contributed by atoms with Crippen LogP contribution in [0.15, 0.2) is 49.8 Å². The van der Waals surface area contributed by atoms with Gasteiger partial charge >= 0.3 is 6.18 Å². The average molecular weight is 528 g/mol. The molecule has 0 amide bonds. The summed E-state index contributed by atoms with van der Waals surface area (Å²) in [6.07, 6.45) is -4.75. The van der Waals surface area contributed by atoms with Gasteiger partial charge in [0.05, 0.1) is 32.6 Å². The average Bonchev–Trinajstić information content (AvgIpc) is 3.28. The van der Waals surface area contributed by atoms with Gasteiger partial charge in [-0.15, -0.1) is 0 Å². The number of hydrogen-bond donors (Lipinski definition) is 3. The minimum Gasteiger partial charge on any atom is -0.399 e. The van der Waals surface area contributed by atoms with Crippen LogP contribution in [0.3, 0.4) is 0 Å². The van der Waals surface area contributed by atoms with Gasteiger partial charge in [0.1, 0.15) is 27.3 Å². The molecule has 0 aromatic heterocycles. The van der Waals surface area contributed by atoms with Crippen molar-refractivity contribution in [2.45, 2.75) is 49.8 Å². The third kappa shape index (κ3) is 4.75. The van der Waals surface area contributed by atoms with E-state index in [9.17, 15) is 22.7 Å². The van der Waals surface area contributed by atoms with Crippen molar-refractivity contribution in [3.05, 3.63) is 77.9 Å². The standard InChI is InChI=1S/C26H24B4F4N4O/c1-12(15-7-16(25(32,33)34)9-17(31)8-15)36-19-10-20-22(21-13(2)35-11-18(19)21)38(23(4,5)27)14(3)37(20)26(29,30)24(6,28)39/h7-10,35-36,39H,1-3,11H2,4-6H3. The molecule has 2 heterocycles. The molecule has 4 rings (SSSR count). The summed E-state index contributed by atoms with van der Waals surface area (Å²) in [4.78, 5) is 3.01. The molecule has 194 valence electrons. The van der Waals surface area contributed by atoms with Crippen molar-refractivity contribution in [1.29, 1.82) is 0 Å². The Bertz CT molecular complexity index is 1410. The number of nitrogens with zero attached hydrogens (tertiary/aromatic N) is 2. The van der Waals surface area contributed by atoms with Gasteiger partial charge < -0.3 is 25.5 Å². The molecule has 2 aromatic carbocycles. The number of nitrogens with one attached hydrogen (secondary N) is 2. The van der Waals surface area contributed by atoms with Gasteiger partial charge in [-0.05, 0) is 36.5 Å². The Labute approximate surface area is 230 Å². The van der Waals surface area contributed by atoms with Crippen LogP contribution in [0.5, 0.6) is 0 Å². The van der Waals surface area contributed by atoms with Gasteiger partial charge in [0.15, 0.2) is 0 Å². The second-order valence-corrected chi connectivity index (χ2v) is 10.5. The van der Waals surface area contributed by atoms with E-state index < -0.39 is 33.8 Å². The van der Waals surface area contributed by atoms with Crippen LogP contribution in [0.25, 0.3) is 11.4 Å². The van der Waals surface area contributed by atoms with E-state index in [1.54, 1.807) is 24.8 Å². The van der Waals surface area contributed by atoms with Crippen LogP contribution >= 0.6 is 0 Å². The number of anilines is 3. The number of alkyl halides is 3. The monoisotopic (exact) mass is 528 g/mol. The highest BCUT2D eigenvalue weighted by molar-refractivity contribution is 6.47. The largest absolute Gasteiger partial charge is 0.416 e. The van der Waals surface area contributed by atoms with Crippen LogP contribution in [0.4, 0.5) is 34.6 Å². The maximum absolute atomic E-state index is 14.1. The molecule has 0 saturated carbocycles. The lowest BCUT2D eigenvalue weighted by atomic mass is 9.46. The number of hydrogen-bond acceptors (Lipinski definition) is 5. The highest BCUT2D eigenvalue weighted by Gasteiger charge is 2.49. The van der Waals surface area contributed by atoms with Crippen molar-refractivity contribution < 1.29 is 22.7 Å². The summed E-state index contributed by atoms with van der Waals surface area (Å²) < 4.78 is 54.1. The van der Waals surface area contributed by atoms with Crippen molar-refractivity contribution >= 4 is 59.8 Å². The molecular formula is C26H24B4F4N4O. The Hall–Kier alpha value is -3.20. The molecule has 3 N–H and O–H groups in total. The van der Waals surface area contributed by atoms with Crippen LogP contribution in [-0.4, -0.2) is 52.8 Å².